The average Bonchev–Trinajstić information content (AvgIpc) is 2.82. The predicted molar refractivity (Wildman–Crippen MR) is 65.4 cm³/mol. The third-order valence-electron chi connectivity index (χ3n) is 2.84. The van der Waals surface area contributed by atoms with E-state index in [1.807, 2.05) is 20.8 Å². The molecule has 1 aromatic rings. The average molecular weight is 253 g/mol. The number of hydrogen-bond acceptors (Lipinski definition) is 4. The Hall–Kier alpha value is -1.72. The van der Waals surface area contributed by atoms with Crippen molar-refractivity contribution in [1.82, 2.24) is 15.1 Å². The molecule has 1 amide bonds. The molecule has 0 spiro atoms. The lowest BCUT2D eigenvalue weighted by molar-refractivity contribution is 0.0292. The smallest absolute Gasteiger partial charge is 0.410 e. The first-order chi connectivity index (χ1) is 8.35. The van der Waals surface area contributed by atoms with Crippen molar-refractivity contribution in [2.45, 2.75) is 38.7 Å². The van der Waals surface area contributed by atoms with E-state index in [1.165, 1.54) is 0 Å². The zero-order valence-corrected chi connectivity index (χ0v) is 10.9. The second kappa shape index (κ2) is 4.51. The van der Waals surface area contributed by atoms with Gasteiger partial charge in [-0.3, -0.25) is 0 Å². The molecule has 1 aliphatic heterocycles. The molecule has 18 heavy (non-hydrogen) atoms. The van der Waals surface area contributed by atoms with E-state index in [0.717, 1.165) is 12.1 Å². The van der Waals surface area contributed by atoms with E-state index in [-0.39, 0.29) is 17.9 Å². The topological polar surface area (TPSA) is 78.5 Å². The highest BCUT2D eigenvalue weighted by Crippen LogP contribution is 2.28. The van der Waals surface area contributed by atoms with E-state index in [1.54, 1.807) is 11.0 Å². The first-order valence-electron chi connectivity index (χ1n) is 6.07. The van der Waals surface area contributed by atoms with Gasteiger partial charge in [-0.2, -0.15) is 5.10 Å². The van der Waals surface area contributed by atoms with Gasteiger partial charge in [0.05, 0.1) is 5.69 Å². The first kappa shape index (κ1) is 12.7. The number of ether oxygens (including phenoxy) is 1. The van der Waals surface area contributed by atoms with E-state index in [4.69, 9.17) is 4.74 Å². The van der Waals surface area contributed by atoms with E-state index in [9.17, 15) is 9.90 Å². The summed E-state index contributed by atoms with van der Waals surface area (Å²) < 4.78 is 5.32. The Labute approximate surface area is 106 Å². The van der Waals surface area contributed by atoms with Gasteiger partial charge in [-0.15, -0.1) is 0 Å². The summed E-state index contributed by atoms with van der Waals surface area (Å²) in [5.41, 5.74) is 0.318. The zero-order chi connectivity index (χ0) is 13.3. The molecule has 100 valence electrons. The molecular formula is C12H19N3O3. The molecule has 2 N–H and O–H groups in total. The maximum absolute atomic E-state index is 11.9. The van der Waals surface area contributed by atoms with Crippen molar-refractivity contribution < 1.29 is 14.6 Å². The van der Waals surface area contributed by atoms with Crippen LogP contribution >= 0.6 is 0 Å². The molecule has 1 saturated heterocycles. The van der Waals surface area contributed by atoms with Crippen LogP contribution in [-0.4, -0.2) is 45.0 Å². The van der Waals surface area contributed by atoms with E-state index in [2.05, 4.69) is 10.2 Å². The van der Waals surface area contributed by atoms with Gasteiger partial charge in [0.25, 0.3) is 0 Å². The van der Waals surface area contributed by atoms with E-state index >= 15 is 0 Å². The molecule has 1 atom stereocenters. The Balaban J connectivity index is 1.94. The number of carbonyl (C=O) groups excluding carboxylic acids is 1. The number of aromatic amines is 1. The third kappa shape index (κ3) is 2.94. The fourth-order valence-corrected chi connectivity index (χ4v) is 2.03. The number of amides is 1. The Bertz CT molecular complexity index is 436. The van der Waals surface area contributed by atoms with Gasteiger partial charge in [0, 0.05) is 25.1 Å². The number of nitrogens with zero attached hydrogens (tertiary/aromatic N) is 2. The normalized spacial score (nSPS) is 20.2. The van der Waals surface area contributed by atoms with Gasteiger partial charge in [-0.1, -0.05) is 0 Å². The molecule has 2 heterocycles. The Morgan fingerprint density at radius 1 is 1.61 bits per heavy atom. The highest BCUT2D eigenvalue weighted by atomic mass is 16.6. The van der Waals surface area contributed by atoms with Crippen molar-refractivity contribution >= 4 is 6.09 Å². The standard InChI is InChI=1S/C12H19N3O3/c1-12(2,3)18-11(17)15-5-4-8(7-15)9-6-10(16)14-13-9/h6,8H,4-5,7H2,1-3H3,(H2,13,14,16). The summed E-state index contributed by atoms with van der Waals surface area (Å²) in [5, 5.41) is 15.7. The molecule has 2 rings (SSSR count). The second-order valence-corrected chi connectivity index (χ2v) is 5.59. The van der Waals surface area contributed by atoms with Crippen LogP contribution in [-0.2, 0) is 4.74 Å². The molecular weight excluding hydrogens is 234 g/mol. The van der Waals surface area contributed by atoms with E-state index < -0.39 is 5.60 Å². The quantitative estimate of drug-likeness (QED) is 0.800. The maximum Gasteiger partial charge on any atom is 0.410 e. The molecule has 0 aliphatic carbocycles. The predicted octanol–water partition coefficient (Wildman–Crippen LogP) is 1.84. The van der Waals surface area contributed by atoms with E-state index in [0.29, 0.717) is 13.1 Å². The maximum atomic E-state index is 11.9. The number of likely N-dealkylation sites (tertiary alicyclic amines) is 1. The zero-order valence-electron chi connectivity index (χ0n) is 10.9. The highest BCUT2D eigenvalue weighted by Gasteiger charge is 2.31. The molecule has 1 aliphatic rings. The molecule has 1 aromatic heterocycles. The van der Waals surface area contributed by atoms with Gasteiger partial charge >= 0.3 is 6.09 Å². The van der Waals surface area contributed by atoms with Crippen molar-refractivity contribution in [3.63, 3.8) is 0 Å². The summed E-state index contributed by atoms with van der Waals surface area (Å²) in [6.07, 6.45) is 0.550. The van der Waals surface area contributed by atoms with Crippen LogP contribution in [0.2, 0.25) is 0 Å². The first-order valence-corrected chi connectivity index (χ1v) is 6.07. The van der Waals surface area contributed by atoms with Crippen LogP contribution in [0.4, 0.5) is 4.79 Å². The molecule has 0 saturated carbocycles. The minimum absolute atomic E-state index is 0.0562. The molecule has 0 aromatic carbocycles. The van der Waals surface area contributed by atoms with Crippen molar-refractivity contribution in [1.29, 1.82) is 0 Å². The second-order valence-electron chi connectivity index (χ2n) is 5.59. The minimum Gasteiger partial charge on any atom is -0.494 e. The lowest BCUT2D eigenvalue weighted by atomic mass is 10.1. The molecule has 0 bridgehead atoms. The third-order valence-corrected chi connectivity index (χ3v) is 2.84. The summed E-state index contributed by atoms with van der Waals surface area (Å²) in [7, 11) is 0. The number of rotatable bonds is 1. The number of hydrogen-bond donors (Lipinski definition) is 2. The summed E-state index contributed by atoms with van der Waals surface area (Å²) in [6, 6.07) is 1.60. The van der Waals surface area contributed by atoms with Gasteiger partial charge in [0.2, 0.25) is 5.88 Å². The highest BCUT2D eigenvalue weighted by molar-refractivity contribution is 5.68. The molecule has 1 fully saturated rings. The van der Waals surface area contributed by atoms with Gasteiger partial charge in [-0.05, 0) is 27.2 Å². The largest absolute Gasteiger partial charge is 0.494 e. The van der Waals surface area contributed by atoms with Crippen LogP contribution in [0.1, 0.15) is 38.8 Å². The number of H-pyrrole nitrogens is 1. The Morgan fingerprint density at radius 2 is 2.33 bits per heavy atom. The SMILES string of the molecule is CC(C)(C)OC(=O)N1CCC(c2cc(O)[nH]n2)C1. The van der Waals surface area contributed by atoms with Crippen LogP contribution < -0.4 is 0 Å². The van der Waals surface area contributed by atoms with Crippen LogP contribution in [0.3, 0.4) is 0 Å². The number of carbonyl (C=O) groups is 1. The summed E-state index contributed by atoms with van der Waals surface area (Å²) in [6.45, 7) is 6.80. The Kier molecular flexibility index (Phi) is 3.19. The fourth-order valence-electron chi connectivity index (χ4n) is 2.03. The van der Waals surface area contributed by atoms with Crippen molar-refractivity contribution in [2.24, 2.45) is 0 Å². The van der Waals surface area contributed by atoms with Crippen LogP contribution in [0.25, 0.3) is 0 Å². The van der Waals surface area contributed by atoms with Gasteiger partial charge < -0.3 is 14.7 Å². The van der Waals surface area contributed by atoms with Crippen LogP contribution in [0.15, 0.2) is 6.07 Å². The summed E-state index contributed by atoms with van der Waals surface area (Å²) >= 11 is 0. The van der Waals surface area contributed by atoms with Gasteiger partial charge in [-0.25, -0.2) is 9.89 Å². The lowest BCUT2D eigenvalue weighted by Gasteiger charge is -2.24. The number of aromatic hydroxyl groups is 1. The summed E-state index contributed by atoms with van der Waals surface area (Å²) in [5.74, 6) is 0.218. The number of nitrogens with one attached hydrogen (secondary N) is 1. The number of aromatic nitrogens is 2. The lowest BCUT2D eigenvalue weighted by Crippen LogP contribution is -2.35. The molecule has 0 radical (unpaired) electrons. The van der Waals surface area contributed by atoms with Crippen LogP contribution in [0.5, 0.6) is 5.88 Å². The van der Waals surface area contributed by atoms with Gasteiger partial charge in [0.15, 0.2) is 0 Å². The summed E-state index contributed by atoms with van der Waals surface area (Å²) in [4.78, 5) is 13.6. The van der Waals surface area contributed by atoms with Crippen molar-refractivity contribution in [3.8, 4) is 5.88 Å². The molecule has 6 heteroatoms. The monoisotopic (exact) mass is 253 g/mol. The van der Waals surface area contributed by atoms with Gasteiger partial charge in [0.1, 0.15) is 5.60 Å². The fraction of sp³-hybridized carbons (Fsp3) is 0.667. The van der Waals surface area contributed by atoms with Crippen molar-refractivity contribution in [3.05, 3.63) is 11.8 Å². The Morgan fingerprint density at radius 3 is 2.89 bits per heavy atom. The van der Waals surface area contributed by atoms with Crippen LogP contribution in [0, 0.1) is 0 Å². The van der Waals surface area contributed by atoms with Crippen molar-refractivity contribution in [2.75, 3.05) is 13.1 Å². The minimum atomic E-state index is -0.472. The molecule has 6 nitrogen and oxygen atoms in total. The molecule has 1 unspecified atom stereocenters.